The Bertz CT molecular complexity index is 247. The highest BCUT2D eigenvalue weighted by atomic mass is 16.3. The molecule has 0 amide bonds. The maximum Gasteiger partial charge on any atom is 0.0607 e. The molecule has 1 aromatic carbocycles. The molecule has 0 aromatic heterocycles. The van der Waals surface area contributed by atoms with Crippen molar-refractivity contribution in [2.24, 2.45) is 0 Å². The molecule has 0 unspecified atom stereocenters. The summed E-state index contributed by atoms with van der Waals surface area (Å²) in [7, 11) is 0. The smallest absolute Gasteiger partial charge is 0.0607 e. The molecule has 84 valence electrons. The van der Waals surface area contributed by atoms with Crippen LogP contribution in [0.25, 0.3) is 0 Å². The van der Waals surface area contributed by atoms with Gasteiger partial charge >= 0.3 is 0 Å². The fourth-order valence-corrected chi connectivity index (χ4v) is 1.43. The van der Waals surface area contributed by atoms with Gasteiger partial charge in [-0.05, 0) is 24.9 Å². The Morgan fingerprint density at radius 3 is 2.33 bits per heavy atom. The second kappa shape index (κ2) is 7.40. The number of hydrogen-bond acceptors (Lipinski definition) is 3. The average Bonchev–Trinajstić information content (AvgIpc) is 2.31. The average molecular weight is 209 g/mol. The van der Waals surface area contributed by atoms with Gasteiger partial charge in [0.15, 0.2) is 0 Å². The minimum absolute atomic E-state index is 0.0121. The SMILES string of the molecule is OCC(CO)NCCCc1ccccc1. The Morgan fingerprint density at radius 2 is 1.73 bits per heavy atom. The molecule has 0 aliphatic carbocycles. The zero-order chi connectivity index (χ0) is 10.9. The molecule has 0 heterocycles. The van der Waals surface area contributed by atoms with Crippen LogP contribution in [0.5, 0.6) is 0 Å². The van der Waals surface area contributed by atoms with Gasteiger partial charge in [0.1, 0.15) is 0 Å². The first-order valence-corrected chi connectivity index (χ1v) is 5.36. The summed E-state index contributed by atoms with van der Waals surface area (Å²) < 4.78 is 0. The van der Waals surface area contributed by atoms with E-state index in [1.165, 1.54) is 5.56 Å². The fraction of sp³-hybridized carbons (Fsp3) is 0.500. The molecule has 0 saturated carbocycles. The minimum atomic E-state index is -0.180. The molecule has 3 N–H and O–H groups in total. The van der Waals surface area contributed by atoms with E-state index in [-0.39, 0.29) is 19.3 Å². The number of aryl methyl sites for hydroxylation is 1. The van der Waals surface area contributed by atoms with Crippen LogP contribution in [0.3, 0.4) is 0 Å². The maximum atomic E-state index is 8.82. The molecule has 15 heavy (non-hydrogen) atoms. The number of nitrogens with one attached hydrogen (secondary N) is 1. The lowest BCUT2D eigenvalue weighted by Gasteiger charge is -2.12. The molecule has 3 heteroatoms. The maximum absolute atomic E-state index is 8.82. The number of aliphatic hydroxyl groups is 2. The third-order valence-electron chi connectivity index (χ3n) is 2.36. The number of hydrogen-bond donors (Lipinski definition) is 3. The van der Waals surface area contributed by atoms with Crippen LogP contribution in [0.15, 0.2) is 30.3 Å². The van der Waals surface area contributed by atoms with Crippen LogP contribution in [0.4, 0.5) is 0 Å². The normalized spacial score (nSPS) is 10.9. The van der Waals surface area contributed by atoms with Crippen LogP contribution in [0.2, 0.25) is 0 Å². The van der Waals surface area contributed by atoms with Gasteiger partial charge in [0.2, 0.25) is 0 Å². The van der Waals surface area contributed by atoms with Gasteiger partial charge in [-0.2, -0.15) is 0 Å². The highest BCUT2D eigenvalue weighted by molar-refractivity contribution is 5.14. The standard InChI is InChI=1S/C12H19NO2/c14-9-12(10-15)13-8-4-7-11-5-2-1-3-6-11/h1-3,5-6,12-15H,4,7-10H2. The third-order valence-corrected chi connectivity index (χ3v) is 2.36. The van der Waals surface area contributed by atoms with Gasteiger partial charge in [0.05, 0.1) is 19.3 Å². The Labute approximate surface area is 90.8 Å². The van der Waals surface area contributed by atoms with Gasteiger partial charge < -0.3 is 15.5 Å². The molecule has 0 aliphatic heterocycles. The lowest BCUT2D eigenvalue weighted by molar-refractivity contribution is 0.171. The predicted octanol–water partition coefficient (Wildman–Crippen LogP) is 0.562. The van der Waals surface area contributed by atoms with Crippen LogP contribution < -0.4 is 5.32 Å². The van der Waals surface area contributed by atoms with Crippen LogP contribution >= 0.6 is 0 Å². The summed E-state index contributed by atoms with van der Waals surface area (Å²) in [5.41, 5.74) is 1.32. The van der Waals surface area contributed by atoms with Crippen molar-refractivity contribution in [1.29, 1.82) is 0 Å². The van der Waals surface area contributed by atoms with E-state index in [1.54, 1.807) is 0 Å². The van der Waals surface area contributed by atoms with Crippen molar-refractivity contribution >= 4 is 0 Å². The van der Waals surface area contributed by atoms with Crippen molar-refractivity contribution in [2.75, 3.05) is 19.8 Å². The summed E-state index contributed by atoms with van der Waals surface area (Å²) in [5, 5.41) is 20.7. The Hall–Kier alpha value is -0.900. The van der Waals surface area contributed by atoms with Gasteiger partial charge in [0.25, 0.3) is 0 Å². The van der Waals surface area contributed by atoms with E-state index in [4.69, 9.17) is 10.2 Å². The molecule has 0 aliphatic rings. The van der Waals surface area contributed by atoms with Crippen LogP contribution in [-0.4, -0.2) is 36.0 Å². The predicted molar refractivity (Wildman–Crippen MR) is 60.7 cm³/mol. The van der Waals surface area contributed by atoms with Gasteiger partial charge in [-0.25, -0.2) is 0 Å². The van der Waals surface area contributed by atoms with Crippen molar-refractivity contribution in [3.8, 4) is 0 Å². The van der Waals surface area contributed by atoms with Gasteiger partial charge in [-0.15, -0.1) is 0 Å². The summed E-state index contributed by atoms with van der Waals surface area (Å²) in [6, 6.07) is 10.1. The Morgan fingerprint density at radius 1 is 1.07 bits per heavy atom. The zero-order valence-electron chi connectivity index (χ0n) is 8.89. The first kappa shape index (κ1) is 12.2. The van der Waals surface area contributed by atoms with E-state index in [9.17, 15) is 0 Å². The van der Waals surface area contributed by atoms with E-state index in [1.807, 2.05) is 18.2 Å². The van der Waals surface area contributed by atoms with E-state index in [0.717, 1.165) is 19.4 Å². The summed E-state index contributed by atoms with van der Waals surface area (Å²) in [6.45, 7) is 0.796. The number of benzene rings is 1. The molecule has 0 saturated heterocycles. The van der Waals surface area contributed by atoms with E-state index in [0.29, 0.717) is 0 Å². The van der Waals surface area contributed by atoms with Crippen molar-refractivity contribution in [3.05, 3.63) is 35.9 Å². The Kier molecular flexibility index (Phi) is 6.00. The molecule has 1 aromatic rings. The number of rotatable bonds is 7. The van der Waals surface area contributed by atoms with Gasteiger partial charge in [-0.3, -0.25) is 0 Å². The second-order valence-electron chi connectivity index (χ2n) is 3.61. The summed E-state index contributed by atoms with van der Waals surface area (Å²) in [5.74, 6) is 0. The van der Waals surface area contributed by atoms with Crippen LogP contribution in [0, 0.1) is 0 Å². The summed E-state index contributed by atoms with van der Waals surface area (Å²) in [4.78, 5) is 0. The van der Waals surface area contributed by atoms with Crippen LogP contribution in [-0.2, 0) is 6.42 Å². The Balaban J connectivity index is 2.12. The van der Waals surface area contributed by atoms with E-state index < -0.39 is 0 Å². The highest BCUT2D eigenvalue weighted by Crippen LogP contribution is 2.01. The summed E-state index contributed by atoms with van der Waals surface area (Å²) >= 11 is 0. The number of aliphatic hydroxyl groups excluding tert-OH is 2. The topological polar surface area (TPSA) is 52.5 Å². The largest absolute Gasteiger partial charge is 0.395 e. The van der Waals surface area contributed by atoms with Crippen molar-refractivity contribution in [2.45, 2.75) is 18.9 Å². The van der Waals surface area contributed by atoms with Gasteiger partial charge in [0, 0.05) is 0 Å². The van der Waals surface area contributed by atoms with Crippen molar-refractivity contribution in [1.82, 2.24) is 5.32 Å². The molecule has 0 radical (unpaired) electrons. The molecule has 1 rings (SSSR count). The third kappa shape index (κ3) is 4.93. The molecule has 0 fully saturated rings. The second-order valence-corrected chi connectivity index (χ2v) is 3.61. The first-order chi connectivity index (χ1) is 7.36. The molecule has 0 spiro atoms. The lowest BCUT2D eigenvalue weighted by Crippen LogP contribution is -2.36. The summed E-state index contributed by atoms with van der Waals surface area (Å²) in [6.07, 6.45) is 2.04. The van der Waals surface area contributed by atoms with Crippen molar-refractivity contribution in [3.63, 3.8) is 0 Å². The zero-order valence-corrected chi connectivity index (χ0v) is 8.89. The molecule has 3 nitrogen and oxygen atoms in total. The van der Waals surface area contributed by atoms with Crippen molar-refractivity contribution < 1.29 is 10.2 Å². The molecular formula is C12H19NO2. The first-order valence-electron chi connectivity index (χ1n) is 5.36. The van der Waals surface area contributed by atoms with Gasteiger partial charge in [-0.1, -0.05) is 30.3 Å². The quantitative estimate of drug-likeness (QED) is 0.575. The molecule has 0 bridgehead atoms. The fourth-order valence-electron chi connectivity index (χ4n) is 1.43. The lowest BCUT2D eigenvalue weighted by atomic mass is 10.1. The molecule has 0 atom stereocenters. The highest BCUT2D eigenvalue weighted by Gasteiger charge is 2.02. The van der Waals surface area contributed by atoms with E-state index >= 15 is 0 Å². The van der Waals surface area contributed by atoms with Crippen LogP contribution in [0.1, 0.15) is 12.0 Å². The van der Waals surface area contributed by atoms with E-state index in [2.05, 4.69) is 17.4 Å². The molecular weight excluding hydrogens is 190 g/mol. The minimum Gasteiger partial charge on any atom is -0.395 e. The monoisotopic (exact) mass is 209 g/mol.